The number of nitrogens with zero attached hydrogens (tertiary/aromatic N) is 3. The first kappa shape index (κ1) is 16.3. The Morgan fingerprint density at radius 3 is 2.09 bits per heavy atom. The Morgan fingerprint density at radius 2 is 1.65 bits per heavy atom. The SMILES string of the molecule is O=C(O)c1nc(N=Nc2ccc(S(=O)(=O)O)cc2)[nH]c1C(=O)O. The molecule has 0 atom stereocenters. The normalized spacial score (nSPS) is 11.7. The van der Waals surface area contributed by atoms with E-state index in [1.807, 2.05) is 0 Å². The standard InChI is InChI=1S/C11H8N4O7S/c16-9(17)7-8(10(18)19)13-11(12-7)15-14-5-1-3-6(4-2-5)23(20,21)22/h1-4H,(H,12,13)(H,16,17)(H,18,19)(H,20,21,22). The molecule has 0 unspecified atom stereocenters. The molecule has 0 amide bonds. The number of nitrogens with one attached hydrogen (secondary N) is 1. The Hall–Kier alpha value is -3.12. The Kier molecular flexibility index (Phi) is 4.20. The number of carboxylic acid groups (broad SMARTS) is 2. The third-order valence-electron chi connectivity index (χ3n) is 2.50. The van der Waals surface area contributed by atoms with Crippen LogP contribution < -0.4 is 0 Å². The molecule has 0 aliphatic carbocycles. The van der Waals surface area contributed by atoms with E-state index in [2.05, 4.69) is 20.2 Å². The van der Waals surface area contributed by atoms with E-state index >= 15 is 0 Å². The van der Waals surface area contributed by atoms with Gasteiger partial charge in [-0.1, -0.05) is 0 Å². The molecule has 2 aromatic rings. The van der Waals surface area contributed by atoms with Crippen LogP contribution in [-0.2, 0) is 10.1 Å². The van der Waals surface area contributed by atoms with Gasteiger partial charge in [0.25, 0.3) is 10.1 Å². The number of hydrogen-bond donors (Lipinski definition) is 4. The van der Waals surface area contributed by atoms with Crippen LogP contribution in [0.1, 0.15) is 21.0 Å². The number of H-pyrrole nitrogens is 1. The minimum absolute atomic E-state index is 0.169. The average molecular weight is 340 g/mol. The van der Waals surface area contributed by atoms with Crippen molar-refractivity contribution in [2.45, 2.75) is 4.90 Å². The van der Waals surface area contributed by atoms with Crippen molar-refractivity contribution in [3.8, 4) is 0 Å². The Balaban J connectivity index is 2.28. The van der Waals surface area contributed by atoms with Gasteiger partial charge in [0.1, 0.15) is 0 Å². The molecular weight excluding hydrogens is 332 g/mol. The van der Waals surface area contributed by atoms with Crippen LogP contribution in [0.2, 0.25) is 0 Å². The number of benzene rings is 1. The molecule has 0 saturated carbocycles. The highest BCUT2D eigenvalue weighted by Crippen LogP contribution is 2.20. The van der Waals surface area contributed by atoms with Crippen LogP contribution in [0.4, 0.5) is 11.6 Å². The second-order valence-corrected chi connectivity index (χ2v) is 5.48. The molecule has 1 heterocycles. The van der Waals surface area contributed by atoms with Crippen LogP contribution >= 0.6 is 0 Å². The van der Waals surface area contributed by atoms with Gasteiger partial charge in [-0.25, -0.2) is 14.6 Å². The fourth-order valence-electron chi connectivity index (χ4n) is 1.51. The number of rotatable bonds is 5. The topological polar surface area (TPSA) is 182 Å². The third-order valence-corrected chi connectivity index (χ3v) is 3.37. The number of imidazole rings is 1. The van der Waals surface area contributed by atoms with Gasteiger partial charge in [-0.3, -0.25) is 4.55 Å². The average Bonchev–Trinajstić information content (AvgIpc) is 2.89. The summed E-state index contributed by atoms with van der Waals surface area (Å²) in [5.74, 6) is -3.41. The summed E-state index contributed by atoms with van der Waals surface area (Å²) in [5, 5.41) is 24.8. The van der Waals surface area contributed by atoms with Gasteiger partial charge in [-0.2, -0.15) is 8.42 Å². The van der Waals surface area contributed by atoms with Crippen molar-refractivity contribution in [2.24, 2.45) is 10.2 Å². The number of azo groups is 1. The van der Waals surface area contributed by atoms with Crippen molar-refractivity contribution in [3.05, 3.63) is 35.7 Å². The maximum atomic E-state index is 10.9. The smallest absolute Gasteiger partial charge is 0.357 e. The molecule has 11 nitrogen and oxygen atoms in total. The molecule has 0 spiro atoms. The highest BCUT2D eigenvalue weighted by molar-refractivity contribution is 7.85. The van der Waals surface area contributed by atoms with Crippen molar-refractivity contribution < 1.29 is 32.8 Å². The molecular formula is C11H8N4O7S. The second-order valence-electron chi connectivity index (χ2n) is 4.06. The highest BCUT2D eigenvalue weighted by atomic mass is 32.2. The molecule has 0 aliphatic heterocycles. The van der Waals surface area contributed by atoms with E-state index in [0.29, 0.717) is 0 Å². The Bertz CT molecular complexity index is 867. The maximum absolute atomic E-state index is 10.9. The molecule has 0 radical (unpaired) electrons. The van der Waals surface area contributed by atoms with Crippen LogP contribution in [-0.4, -0.2) is 45.1 Å². The van der Waals surface area contributed by atoms with Crippen LogP contribution in [0, 0.1) is 0 Å². The number of aromatic amines is 1. The van der Waals surface area contributed by atoms with Crippen molar-refractivity contribution in [2.75, 3.05) is 0 Å². The summed E-state index contributed by atoms with van der Waals surface area (Å²) in [6.45, 7) is 0. The lowest BCUT2D eigenvalue weighted by molar-refractivity contribution is 0.0644. The summed E-state index contributed by atoms with van der Waals surface area (Å²) in [7, 11) is -4.33. The van der Waals surface area contributed by atoms with Crippen molar-refractivity contribution in [1.82, 2.24) is 9.97 Å². The summed E-state index contributed by atoms with van der Waals surface area (Å²) < 4.78 is 30.6. The number of carboxylic acids is 2. The van der Waals surface area contributed by atoms with Crippen molar-refractivity contribution in [1.29, 1.82) is 0 Å². The summed E-state index contributed by atoms with van der Waals surface area (Å²) in [4.78, 5) is 27.0. The summed E-state index contributed by atoms with van der Waals surface area (Å²) in [6.07, 6.45) is 0. The maximum Gasteiger partial charge on any atom is 0.357 e. The molecule has 1 aromatic heterocycles. The molecule has 0 saturated heterocycles. The Labute approximate surface area is 128 Å². The van der Waals surface area contributed by atoms with Gasteiger partial charge in [-0.05, 0) is 24.3 Å². The molecule has 1 aromatic carbocycles. The quantitative estimate of drug-likeness (QED) is 0.465. The summed E-state index contributed by atoms with van der Waals surface area (Å²) >= 11 is 0. The zero-order valence-corrected chi connectivity index (χ0v) is 11.9. The molecule has 0 fully saturated rings. The molecule has 0 aliphatic rings. The minimum atomic E-state index is -4.33. The fraction of sp³-hybridized carbons (Fsp3) is 0. The van der Waals surface area contributed by atoms with Crippen molar-refractivity contribution in [3.63, 3.8) is 0 Å². The Morgan fingerprint density at radius 1 is 1.04 bits per heavy atom. The van der Waals surface area contributed by atoms with Crippen molar-refractivity contribution >= 4 is 33.7 Å². The first-order chi connectivity index (χ1) is 10.7. The zero-order valence-electron chi connectivity index (χ0n) is 11.0. The largest absolute Gasteiger partial charge is 0.477 e. The first-order valence-corrected chi connectivity index (χ1v) is 7.18. The van der Waals surface area contributed by atoms with E-state index in [1.165, 1.54) is 12.1 Å². The number of carbonyl (C=O) groups is 2. The van der Waals surface area contributed by atoms with E-state index in [4.69, 9.17) is 14.8 Å². The van der Waals surface area contributed by atoms with E-state index in [0.717, 1.165) is 12.1 Å². The van der Waals surface area contributed by atoms with Gasteiger partial charge in [0.15, 0.2) is 11.4 Å². The van der Waals surface area contributed by atoms with Crippen LogP contribution in [0.5, 0.6) is 0 Å². The van der Waals surface area contributed by atoms with Gasteiger partial charge in [-0.15, -0.1) is 10.2 Å². The predicted octanol–water partition coefficient (Wildman–Crippen LogP) is 1.47. The van der Waals surface area contributed by atoms with Crippen LogP contribution in [0.25, 0.3) is 0 Å². The molecule has 4 N–H and O–H groups in total. The fourth-order valence-corrected chi connectivity index (χ4v) is 1.99. The molecule has 0 bridgehead atoms. The molecule has 120 valence electrons. The minimum Gasteiger partial charge on any atom is -0.477 e. The number of aromatic carboxylic acids is 2. The van der Waals surface area contributed by atoms with Gasteiger partial charge < -0.3 is 15.2 Å². The lowest BCUT2D eigenvalue weighted by Crippen LogP contribution is -2.07. The van der Waals surface area contributed by atoms with Crippen LogP contribution in [0.15, 0.2) is 39.4 Å². The van der Waals surface area contributed by atoms with E-state index in [-0.39, 0.29) is 16.5 Å². The molecule has 2 rings (SSSR count). The van der Waals surface area contributed by atoms with Gasteiger partial charge >= 0.3 is 11.9 Å². The third kappa shape index (κ3) is 3.75. The van der Waals surface area contributed by atoms with E-state index in [9.17, 15) is 18.0 Å². The number of aromatic nitrogens is 2. The van der Waals surface area contributed by atoms with E-state index in [1.54, 1.807) is 0 Å². The lowest BCUT2D eigenvalue weighted by Gasteiger charge is -1.96. The number of hydrogen-bond acceptors (Lipinski definition) is 7. The summed E-state index contributed by atoms with van der Waals surface area (Å²) in [6, 6.07) is 4.62. The predicted molar refractivity (Wildman–Crippen MR) is 72.9 cm³/mol. The van der Waals surface area contributed by atoms with Crippen LogP contribution in [0.3, 0.4) is 0 Å². The first-order valence-electron chi connectivity index (χ1n) is 5.74. The molecule has 23 heavy (non-hydrogen) atoms. The van der Waals surface area contributed by atoms with Gasteiger partial charge in [0.05, 0.1) is 10.6 Å². The summed E-state index contributed by atoms with van der Waals surface area (Å²) in [5.41, 5.74) is -1.19. The van der Waals surface area contributed by atoms with Gasteiger partial charge in [0, 0.05) is 0 Å². The zero-order chi connectivity index (χ0) is 17.2. The monoisotopic (exact) mass is 340 g/mol. The second kappa shape index (κ2) is 5.94. The highest BCUT2D eigenvalue weighted by Gasteiger charge is 2.21. The van der Waals surface area contributed by atoms with Gasteiger partial charge in [0.2, 0.25) is 5.95 Å². The molecule has 12 heteroatoms. The van der Waals surface area contributed by atoms with E-state index < -0.39 is 33.4 Å². The lowest BCUT2D eigenvalue weighted by atomic mass is 10.3.